The summed E-state index contributed by atoms with van der Waals surface area (Å²) in [6, 6.07) is 6.94. The number of hydrogen-bond donors (Lipinski definition) is 1. The number of benzene rings is 1. The Morgan fingerprint density at radius 3 is 2.60 bits per heavy atom. The highest BCUT2D eigenvalue weighted by Gasteiger charge is 2.15. The first kappa shape index (κ1) is 14.8. The number of nitrogens with zero attached hydrogens (tertiary/aromatic N) is 1. The molecule has 0 spiro atoms. The van der Waals surface area contributed by atoms with Crippen LogP contribution in [0.2, 0.25) is 5.02 Å². The van der Waals surface area contributed by atoms with Gasteiger partial charge in [-0.1, -0.05) is 17.7 Å². The van der Waals surface area contributed by atoms with Gasteiger partial charge in [0.05, 0.1) is 16.8 Å². The maximum absolute atomic E-state index is 13.9. The molecule has 1 aromatic heterocycles. The van der Waals surface area contributed by atoms with E-state index in [1.807, 2.05) is 33.8 Å². The zero-order valence-electron chi connectivity index (χ0n) is 12.1. The van der Waals surface area contributed by atoms with E-state index in [9.17, 15) is 4.39 Å². The minimum absolute atomic E-state index is 0.0453. The van der Waals surface area contributed by atoms with Crippen LogP contribution >= 0.6 is 11.6 Å². The fourth-order valence-electron chi connectivity index (χ4n) is 2.61. The summed E-state index contributed by atoms with van der Waals surface area (Å²) in [6.45, 7) is 7.98. The molecule has 1 unspecified atom stereocenters. The second-order valence-corrected chi connectivity index (χ2v) is 5.45. The minimum Gasteiger partial charge on any atom is -0.376 e. The number of rotatable bonds is 3. The molecule has 0 aliphatic rings. The largest absolute Gasteiger partial charge is 0.376 e. The number of aryl methyl sites for hydroxylation is 3. The lowest BCUT2D eigenvalue weighted by Crippen LogP contribution is -2.12. The van der Waals surface area contributed by atoms with Gasteiger partial charge in [0.15, 0.2) is 5.82 Å². The second kappa shape index (κ2) is 5.80. The maximum Gasteiger partial charge on any atom is 0.164 e. The van der Waals surface area contributed by atoms with Crippen LogP contribution in [0.5, 0.6) is 0 Å². The van der Waals surface area contributed by atoms with Crippen molar-refractivity contribution in [3.8, 4) is 0 Å². The molecule has 2 rings (SSSR count). The molecule has 0 bridgehead atoms. The molecular weight excluding hydrogens is 275 g/mol. The summed E-state index contributed by atoms with van der Waals surface area (Å²) < 4.78 is 13.9. The molecule has 0 saturated carbocycles. The van der Waals surface area contributed by atoms with Crippen LogP contribution in [-0.2, 0) is 0 Å². The molecule has 0 aliphatic carbocycles. The van der Waals surface area contributed by atoms with Crippen LogP contribution in [0.3, 0.4) is 0 Å². The van der Waals surface area contributed by atoms with E-state index < -0.39 is 5.82 Å². The normalized spacial score (nSPS) is 12.3. The molecule has 1 atom stereocenters. The number of nitrogens with one attached hydrogen (secondary N) is 1. The van der Waals surface area contributed by atoms with Crippen LogP contribution in [0, 0.1) is 26.6 Å². The number of anilines is 1. The number of aromatic nitrogens is 1. The molecule has 1 heterocycles. The molecule has 1 N–H and O–H groups in total. The molecule has 0 amide bonds. The number of halogens is 2. The summed E-state index contributed by atoms with van der Waals surface area (Å²) >= 11 is 5.80. The van der Waals surface area contributed by atoms with Gasteiger partial charge in [-0.2, -0.15) is 0 Å². The van der Waals surface area contributed by atoms with Crippen LogP contribution in [0.25, 0.3) is 0 Å². The highest BCUT2D eigenvalue weighted by atomic mass is 35.5. The van der Waals surface area contributed by atoms with E-state index in [0.29, 0.717) is 5.69 Å². The minimum atomic E-state index is -0.420. The van der Waals surface area contributed by atoms with Gasteiger partial charge in [0.25, 0.3) is 0 Å². The van der Waals surface area contributed by atoms with Gasteiger partial charge < -0.3 is 5.32 Å². The summed E-state index contributed by atoms with van der Waals surface area (Å²) in [7, 11) is 0. The van der Waals surface area contributed by atoms with E-state index in [1.165, 1.54) is 6.07 Å². The predicted molar refractivity (Wildman–Crippen MR) is 81.9 cm³/mol. The van der Waals surface area contributed by atoms with Crippen LogP contribution < -0.4 is 5.32 Å². The topological polar surface area (TPSA) is 24.9 Å². The van der Waals surface area contributed by atoms with E-state index in [0.717, 1.165) is 22.5 Å². The molecule has 0 fully saturated rings. The first-order chi connectivity index (χ1) is 9.40. The van der Waals surface area contributed by atoms with Crippen molar-refractivity contribution in [1.82, 2.24) is 4.98 Å². The van der Waals surface area contributed by atoms with E-state index in [1.54, 1.807) is 12.1 Å². The SMILES string of the molecule is Cc1cc(C)c(C(C)Nc2cccc(Cl)c2F)c(C)n1. The molecule has 0 saturated heterocycles. The van der Waals surface area contributed by atoms with E-state index in [2.05, 4.69) is 10.3 Å². The average Bonchev–Trinajstić information content (AvgIpc) is 2.33. The second-order valence-electron chi connectivity index (χ2n) is 5.05. The molecule has 1 aromatic carbocycles. The van der Waals surface area contributed by atoms with Crippen LogP contribution in [0.4, 0.5) is 10.1 Å². The fourth-order valence-corrected chi connectivity index (χ4v) is 2.78. The van der Waals surface area contributed by atoms with Crippen LogP contribution in [-0.4, -0.2) is 4.98 Å². The Labute approximate surface area is 124 Å². The third-order valence-electron chi connectivity index (χ3n) is 3.34. The Hall–Kier alpha value is -1.61. The van der Waals surface area contributed by atoms with Gasteiger partial charge in [-0.05, 0) is 57.0 Å². The average molecular weight is 293 g/mol. The van der Waals surface area contributed by atoms with Gasteiger partial charge >= 0.3 is 0 Å². The Morgan fingerprint density at radius 1 is 1.25 bits per heavy atom. The molecule has 2 nitrogen and oxygen atoms in total. The Bertz CT molecular complexity index is 617. The summed E-state index contributed by atoms with van der Waals surface area (Å²) in [5.74, 6) is -0.420. The van der Waals surface area contributed by atoms with Gasteiger partial charge in [0.1, 0.15) is 0 Å². The van der Waals surface area contributed by atoms with Crippen molar-refractivity contribution >= 4 is 17.3 Å². The van der Waals surface area contributed by atoms with Crippen molar-refractivity contribution in [2.24, 2.45) is 0 Å². The first-order valence-corrected chi connectivity index (χ1v) is 6.93. The van der Waals surface area contributed by atoms with E-state index in [4.69, 9.17) is 11.6 Å². The highest BCUT2D eigenvalue weighted by molar-refractivity contribution is 6.31. The summed E-state index contributed by atoms with van der Waals surface area (Å²) in [5, 5.41) is 3.29. The van der Waals surface area contributed by atoms with Crippen molar-refractivity contribution in [2.75, 3.05) is 5.32 Å². The molecule has 4 heteroatoms. The molecule has 0 aliphatic heterocycles. The Morgan fingerprint density at radius 2 is 1.95 bits per heavy atom. The zero-order chi connectivity index (χ0) is 14.9. The number of pyridine rings is 1. The predicted octanol–water partition coefficient (Wildman–Crippen LogP) is 4.97. The van der Waals surface area contributed by atoms with Gasteiger partial charge in [0.2, 0.25) is 0 Å². The molecule has 0 radical (unpaired) electrons. The summed E-state index contributed by atoms with van der Waals surface area (Å²) in [5.41, 5.74) is 4.60. The maximum atomic E-state index is 13.9. The lowest BCUT2D eigenvalue weighted by Gasteiger charge is -2.20. The summed E-state index contributed by atoms with van der Waals surface area (Å²) in [6.07, 6.45) is 0. The van der Waals surface area contributed by atoms with Crippen LogP contribution in [0.15, 0.2) is 24.3 Å². The van der Waals surface area contributed by atoms with Crippen molar-refractivity contribution in [3.63, 3.8) is 0 Å². The molecule has 106 valence electrons. The first-order valence-electron chi connectivity index (χ1n) is 6.55. The Kier molecular flexibility index (Phi) is 4.29. The smallest absolute Gasteiger partial charge is 0.164 e. The molecular formula is C16H18ClFN2. The third-order valence-corrected chi connectivity index (χ3v) is 3.63. The fraction of sp³-hybridized carbons (Fsp3) is 0.312. The van der Waals surface area contributed by atoms with Gasteiger partial charge in [0, 0.05) is 11.4 Å². The summed E-state index contributed by atoms with van der Waals surface area (Å²) in [4.78, 5) is 4.48. The van der Waals surface area contributed by atoms with E-state index >= 15 is 0 Å². The number of hydrogen-bond acceptors (Lipinski definition) is 2. The van der Waals surface area contributed by atoms with Crippen molar-refractivity contribution in [2.45, 2.75) is 33.7 Å². The monoisotopic (exact) mass is 292 g/mol. The molecule has 2 aromatic rings. The van der Waals surface area contributed by atoms with Crippen LogP contribution in [0.1, 0.15) is 35.5 Å². The van der Waals surface area contributed by atoms with Gasteiger partial charge in [-0.25, -0.2) is 4.39 Å². The molecule has 20 heavy (non-hydrogen) atoms. The van der Waals surface area contributed by atoms with Gasteiger partial charge in [-0.15, -0.1) is 0 Å². The highest BCUT2D eigenvalue weighted by Crippen LogP contribution is 2.28. The lowest BCUT2D eigenvalue weighted by molar-refractivity contribution is 0.627. The third kappa shape index (κ3) is 2.93. The van der Waals surface area contributed by atoms with Gasteiger partial charge in [-0.3, -0.25) is 4.98 Å². The van der Waals surface area contributed by atoms with Crippen molar-refractivity contribution in [1.29, 1.82) is 0 Å². The van der Waals surface area contributed by atoms with E-state index in [-0.39, 0.29) is 11.1 Å². The van der Waals surface area contributed by atoms with Crippen molar-refractivity contribution < 1.29 is 4.39 Å². The quantitative estimate of drug-likeness (QED) is 0.863. The lowest BCUT2D eigenvalue weighted by atomic mass is 10.00. The standard InChI is InChI=1S/C16H18ClFN2/c1-9-8-10(2)19-11(3)15(9)12(4)20-14-7-5-6-13(17)16(14)18/h5-8,12,20H,1-4H3. The zero-order valence-corrected chi connectivity index (χ0v) is 12.8. The van der Waals surface area contributed by atoms with Crippen molar-refractivity contribution in [3.05, 3.63) is 57.6 Å². The Balaban J connectivity index is 2.33.